The van der Waals surface area contributed by atoms with E-state index in [0.29, 0.717) is 18.1 Å². The molecule has 1 aliphatic heterocycles. The molecule has 86 valence electrons. The van der Waals surface area contributed by atoms with Crippen molar-refractivity contribution >= 4 is 17.2 Å². The van der Waals surface area contributed by atoms with Gasteiger partial charge in [-0.05, 0) is 24.6 Å². The second kappa shape index (κ2) is 4.22. The highest BCUT2D eigenvalue weighted by Gasteiger charge is 2.20. The molecule has 1 atom stereocenters. The molecule has 0 N–H and O–H groups in total. The molecular formula is C13H12N2O2. The van der Waals surface area contributed by atoms with Crippen LogP contribution in [0.2, 0.25) is 0 Å². The molecule has 0 radical (unpaired) electrons. The van der Waals surface area contributed by atoms with Gasteiger partial charge >= 0.3 is 0 Å². The number of aldehydes is 1. The van der Waals surface area contributed by atoms with Gasteiger partial charge in [0.1, 0.15) is 12.1 Å². The van der Waals surface area contributed by atoms with E-state index in [1.165, 1.54) is 0 Å². The highest BCUT2D eigenvalue weighted by molar-refractivity contribution is 5.86. The van der Waals surface area contributed by atoms with Crippen LogP contribution < -0.4 is 0 Å². The van der Waals surface area contributed by atoms with E-state index in [2.05, 4.69) is 9.97 Å². The summed E-state index contributed by atoms with van der Waals surface area (Å²) in [5.74, 6) is 1.15. The normalized spacial score (nSPS) is 19.6. The number of ether oxygens (including phenoxy) is 1. The number of fused-ring (bicyclic) bond motifs is 1. The second-order valence-corrected chi connectivity index (χ2v) is 4.22. The third-order valence-corrected chi connectivity index (χ3v) is 3.05. The summed E-state index contributed by atoms with van der Waals surface area (Å²) in [5.41, 5.74) is 1.53. The van der Waals surface area contributed by atoms with Crippen molar-refractivity contribution in [2.75, 3.05) is 13.2 Å². The third kappa shape index (κ3) is 1.91. The molecule has 1 saturated heterocycles. The van der Waals surface area contributed by atoms with Gasteiger partial charge in [-0.2, -0.15) is 0 Å². The Morgan fingerprint density at radius 3 is 3.12 bits per heavy atom. The smallest absolute Gasteiger partial charge is 0.150 e. The quantitative estimate of drug-likeness (QED) is 0.737. The average Bonchev–Trinajstić information content (AvgIpc) is 2.91. The molecular weight excluding hydrogens is 216 g/mol. The SMILES string of the molecule is O=Cc1ccc2nc(C3CCOC3)ncc2c1. The Morgan fingerprint density at radius 1 is 1.41 bits per heavy atom. The molecule has 2 heterocycles. The fourth-order valence-corrected chi connectivity index (χ4v) is 2.07. The van der Waals surface area contributed by atoms with E-state index >= 15 is 0 Å². The van der Waals surface area contributed by atoms with Crippen LogP contribution in [0.25, 0.3) is 10.9 Å². The summed E-state index contributed by atoms with van der Waals surface area (Å²) in [6.45, 7) is 1.49. The number of nitrogens with zero attached hydrogens (tertiary/aromatic N) is 2. The summed E-state index contributed by atoms with van der Waals surface area (Å²) in [4.78, 5) is 19.6. The van der Waals surface area contributed by atoms with Crippen LogP contribution in [0.4, 0.5) is 0 Å². The average molecular weight is 228 g/mol. The van der Waals surface area contributed by atoms with Crippen LogP contribution in [-0.2, 0) is 4.74 Å². The molecule has 1 aliphatic rings. The zero-order valence-corrected chi connectivity index (χ0v) is 9.30. The van der Waals surface area contributed by atoms with Gasteiger partial charge in [0.15, 0.2) is 0 Å². The first-order valence-corrected chi connectivity index (χ1v) is 5.66. The Morgan fingerprint density at radius 2 is 2.35 bits per heavy atom. The summed E-state index contributed by atoms with van der Waals surface area (Å²) < 4.78 is 5.33. The highest BCUT2D eigenvalue weighted by atomic mass is 16.5. The first kappa shape index (κ1) is 10.4. The van der Waals surface area contributed by atoms with Crippen LogP contribution in [-0.4, -0.2) is 29.5 Å². The molecule has 3 rings (SSSR count). The molecule has 1 unspecified atom stereocenters. The van der Waals surface area contributed by atoms with Gasteiger partial charge in [-0.1, -0.05) is 0 Å². The molecule has 17 heavy (non-hydrogen) atoms. The maximum Gasteiger partial charge on any atom is 0.150 e. The minimum Gasteiger partial charge on any atom is -0.381 e. The molecule has 1 fully saturated rings. The Hall–Kier alpha value is -1.81. The van der Waals surface area contributed by atoms with Gasteiger partial charge < -0.3 is 4.74 Å². The van der Waals surface area contributed by atoms with Crippen molar-refractivity contribution in [3.8, 4) is 0 Å². The zero-order chi connectivity index (χ0) is 11.7. The lowest BCUT2D eigenvalue weighted by Gasteiger charge is -2.06. The molecule has 0 aliphatic carbocycles. The van der Waals surface area contributed by atoms with Gasteiger partial charge in [-0.25, -0.2) is 9.97 Å². The van der Waals surface area contributed by atoms with E-state index < -0.39 is 0 Å². The predicted molar refractivity (Wildman–Crippen MR) is 63.1 cm³/mol. The second-order valence-electron chi connectivity index (χ2n) is 4.22. The lowest BCUT2D eigenvalue weighted by Crippen LogP contribution is -2.03. The Balaban J connectivity index is 2.03. The summed E-state index contributed by atoms with van der Waals surface area (Å²) in [7, 11) is 0. The molecule has 4 heteroatoms. The lowest BCUT2D eigenvalue weighted by molar-refractivity contribution is 0.112. The molecule has 2 aromatic rings. The fourth-order valence-electron chi connectivity index (χ4n) is 2.07. The van der Waals surface area contributed by atoms with Crippen molar-refractivity contribution < 1.29 is 9.53 Å². The number of rotatable bonds is 2. The van der Waals surface area contributed by atoms with Crippen molar-refractivity contribution in [2.45, 2.75) is 12.3 Å². The van der Waals surface area contributed by atoms with Crippen LogP contribution in [0.1, 0.15) is 28.5 Å². The molecule has 0 bridgehead atoms. The van der Waals surface area contributed by atoms with Crippen molar-refractivity contribution in [3.05, 3.63) is 35.8 Å². The minimum absolute atomic E-state index is 0.310. The van der Waals surface area contributed by atoms with Crippen molar-refractivity contribution in [3.63, 3.8) is 0 Å². The first-order chi connectivity index (χ1) is 8.36. The third-order valence-electron chi connectivity index (χ3n) is 3.05. The Labute approximate surface area is 98.6 Å². The molecule has 0 amide bonds. The number of benzene rings is 1. The number of hydrogen-bond acceptors (Lipinski definition) is 4. The van der Waals surface area contributed by atoms with Gasteiger partial charge in [0.05, 0.1) is 12.1 Å². The van der Waals surface area contributed by atoms with Crippen LogP contribution in [0.5, 0.6) is 0 Å². The van der Waals surface area contributed by atoms with Gasteiger partial charge in [0.2, 0.25) is 0 Å². The molecule has 4 nitrogen and oxygen atoms in total. The summed E-state index contributed by atoms with van der Waals surface area (Å²) >= 11 is 0. The monoisotopic (exact) mass is 228 g/mol. The topological polar surface area (TPSA) is 52.1 Å². The maximum absolute atomic E-state index is 10.7. The highest BCUT2D eigenvalue weighted by Crippen LogP contribution is 2.23. The lowest BCUT2D eigenvalue weighted by atomic mass is 10.1. The summed E-state index contributed by atoms with van der Waals surface area (Å²) in [6, 6.07) is 5.44. The largest absolute Gasteiger partial charge is 0.381 e. The van der Waals surface area contributed by atoms with Crippen LogP contribution in [0, 0.1) is 0 Å². The Kier molecular flexibility index (Phi) is 2.57. The fraction of sp³-hybridized carbons (Fsp3) is 0.308. The molecule has 0 saturated carbocycles. The summed E-state index contributed by atoms with van der Waals surface area (Å²) in [5, 5.41) is 0.900. The minimum atomic E-state index is 0.310. The van der Waals surface area contributed by atoms with Crippen molar-refractivity contribution in [1.82, 2.24) is 9.97 Å². The van der Waals surface area contributed by atoms with Gasteiger partial charge in [0.25, 0.3) is 0 Å². The van der Waals surface area contributed by atoms with E-state index in [9.17, 15) is 4.79 Å². The van der Waals surface area contributed by atoms with Gasteiger partial charge in [-0.3, -0.25) is 4.79 Å². The molecule has 1 aromatic carbocycles. The standard InChI is InChI=1S/C13H12N2O2/c16-7-9-1-2-12-11(5-9)6-14-13(15-12)10-3-4-17-8-10/h1-2,5-7,10H,3-4,8H2. The van der Waals surface area contributed by atoms with Crippen LogP contribution in [0.3, 0.4) is 0 Å². The number of hydrogen-bond donors (Lipinski definition) is 0. The van der Waals surface area contributed by atoms with Crippen molar-refractivity contribution in [1.29, 1.82) is 0 Å². The molecule has 1 aromatic heterocycles. The zero-order valence-electron chi connectivity index (χ0n) is 9.30. The van der Waals surface area contributed by atoms with E-state index in [0.717, 1.165) is 36.0 Å². The first-order valence-electron chi connectivity index (χ1n) is 5.66. The van der Waals surface area contributed by atoms with Crippen LogP contribution in [0.15, 0.2) is 24.4 Å². The van der Waals surface area contributed by atoms with E-state index in [4.69, 9.17) is 4.74 Å². The number of carbonyl (C=O) groups is 1. The Bertz CT molecular complexity index is 562. The number of carbonyl (C=O) groups excluding carboxylic acids is 1. The van der Waals surface area contributed by atoms with E-state index in [1.54, 1.807) is 18.3 Å². The van der Waals surface area contributed by atoms with E-state index in [1.807, 2.05) is 6.07 Å². The maximum atomic E-state index is 10.7. The van der Waals surface area contributed by atoms with Crippen LogP contribution >= 0.6 is 0 Å². The molecule has 0 spiro atoms. The van der Waals surface area contributed by atoms with Gasteiger partial charge in [-0.15, -0.1) is 0 Å². The van der Waals surface area contributed by atoms with Crippen molar-refractivity contribution in [2.24, 2.45) is 0 Å². The summed E-state index contributed by atoms with van der Waals surface area (Å²) in [6.07, 6.45) is 3.60. The predicted octanol–water partition coefficient (Wildman–Crippen LogP) is 1.95. The van der Waals surface area contributed by atoms with E-state index in [-0.39, 0.29) is 0 Å². The number of aromatic nitrogens is 2. The van der Waals surface area contributed by atoms with Gasteiger partial charge in [0, 0.05) is 29.7 Å².